The van der Waals surface area contributed by atoms with E-state index in [2.05, 4.69) is 0 Å². The monoisotopic (exact) mass is 143 g/mol. The summed E-state index contributed by atoms with van der Waals surface area (Å²) in [5.41, 5.74) is 0. The topological polar surface area (TPSA) is 23.5 Å². The summed E-state index contributed by atoms with van der Waals surface area (Å²) in [6.07, 6.45) is -6.89. The second-order valence-electron chi connectivity index (χ2n) is 1.88. The summed E-state index contributed by atoms with van der Waals surface area (Å²) < 4.78 is 34.2. The summed E-state index contributed by atoms with van der Waals surface area (Å²) in [6, 6.07) is 0. The molecule has 9 heavy (non-hydrogen) atoms. The molecule has 1 unspecified atom stereocenters. The molecule has 0 heterocycles. The Morgan fingerprint density at radius 3 is 1.67 bits per heavy atom. The molecule has 0 aliphatic rings. The van der Waals surface area contributed by atoms with Gasteiger partial charge in [-0.25, -0.2) is 0 Å². The zero-order valence-corrected chi connectivity index (χ0v) is 5.11. The van der Waals surface area contributed by atoms with Crippen LogP contribution in [0.15, 0.2) is 0 Å². The highest BCUT2D eigenvalue weighted by atomic mass is 19.4. The fourth-order valence-electron chi connectivity index (χ4n) is 0.293. The van der Waals surface area contributed by atoms with Gasteiger partial charge in [-0.05, 0) is 14.1 Å². The Hall–Kier alpha value is -0.290. The van der Waals surface area contributed by atoms with Gasteiger partial charge in [-0.2, -0.15) is 13.2 Å². The molecule has 0 saturated carbocycles. The first-order chi connectivity index (χ1) is 3.85. The van der Waals surface area contributed by atoms with E-state index in [1.165, 1.54) is 0 Å². The summed E-state index contributed by atoms with van der Waals surface area (Å²) >= 11 is 0. The molecule has 0 amide bonds. The first-order valence-electron chi connectivity index (χ1n) is 2.27. The van der Waals surface area contributed by atoms with Crippen molar-refractivity contribution in [2.24, 2.45) is 0 Å². The molecular formula is C4H8F3NO. The number of nitrogens with zero attached hydrogens (tertiary/aromatic N) is 1. The normalized spacial score (nSPS) is 16.3. The molecule has 0 aromatic carbocycles. The highest BCUT2D eigenvalue weighted by Gasteiger charge is 2.39. The molecule has 1 N–H and O–H groups in total. The van der Waals surface area contributed by atoms with Gasteiger partial charge in [-0.15, -0.1) is 0 Å². The smallest absolute Gasteiger partial charge is 0.370 e. The molecule has 5 heteroatoms. The predicted molar refractivity (Wildman–Crippen MR) is 25.7 cm³/mol. The molecule has 0 aliphatic carbocycles. The Labute approximate surface area is 50.9 Å². The van der Waals surface area contributed by atoms with Crippen LogP contribution < -0.4 is 0 Å². The van der Waals surface area contributed by atoms with Crippen LogP contribution in [0.4, 0.5) is 13.2 Å². The van der Waals surface area contributed by atoms with Crippen molar-refractivity contribution in [3.05, 3.63) is 0 Å². The lowest BCUT2D eigenvalue weighted by Crippen LogP contribution is -2.40. The Morgan fingerprint density at radius 1 is 1.33 bits per heavy atom. The summed E-state index contributed by atoms with van der Waals surface area (Å²) in [7, 11) is 2.30. The zero-order valence-electron chi connectivity index (χ0n) is 5.11. The first kappa shape index (κ1) is 8.71. The molecule has 2 nitrogen and oxygen atoms in total. The lowest BCUT2D eigenvalue weighted by atomic mass is 10.5. The van der Waals surface area contributed by atoms with Crippen LogP contribution in [0, 0.1) is 0 Å². The van der Waals surface area contributed by atoms with E-state index in [4.69, 9.17) is 5.11 Å². The zero-order chi connectivity index (χ0) is 7.65. The Bertz CT molecular complexity index is 90.3. The molecule has 1 atom stereocenters. The number of hydrogen-bond donors (Lipinski definition) is 1. The van der Waals surface area contributed by atoms with Crippen molar-refractivity contribution in [1.82, 2.24) is 4.90 Å². The number of alkyl halides is 3. The van der Waals surface area contributed by atoms with Gasteiger partial charge in [0.25, 0.3) is 0 Å². The molecule has 0 aliphatic heterocycles. The minimum absolute atomic E-state index is 0.681. The van der Waals surface area contributed by atoms with Gasteiger partial charge >= 0.3 is 6.18 Å². The number of aliphatic hydroxyl groups is 1. The molecule has 0 spiro atoms. The van der Waals surface area contributed by atoms with E-state index in [9.17, 15) is 13.2 Å². The fourth-order valence-corrected chi connectivity index (χ4v) is 0.293. The third-order valence-electron chi connectivity index (χ3n) is 0.782. The summed E-state index contributed by atoms with van der Waals surface area (Å²) in [5, 5.41) is 8.26. The Kier molecular flexibility index (Phi) is 2.45. The lowest BCUT2D eigenvalue weighted by molar-refractivity contribution is -0.241. The average Bonchev–Trinajstić information content (AvgIpc) is 1.62. The van der Waals surface area contributed by atoms with Crippen LogP contribution >= 0.6 is 0 Å². The van der Waals surface area contributed by atoms with E-state index in [1.807, 2.05) is 0 Å². The van der Waals surface area contributed by atoms with E-state index in [0.29, 0.717) is 4.90 Å². The van der Waals surface area contributed by atoms with Crippen LogP contribution in [0.1, 0.15) is 0 Å². The maximum absolute atomic E-state index is 11.4. The van der Waals surface area contributed by atoms with Crippen molar-refractivity contribution < 1.29 is 18.3 Å². The molecule has 0 rings (SSSR count). The third kappa shape index (κ3) is 2.67. The summed E-state index contributed by atoms with van der Waals surface area (Å²) in [5.74, 6) is 0. The largest absolute Gasteiger partial charge is 0.428 e. The SMILES string of the molecule is CN(C)C(O)C(F)(F)F. The predicted octanol–water partition coefficient (Wildman–Crippen LogP) is 0.429. The van der Waals surface area contributed by atoms with Gasteiger partial charge in [-0.1, -0.05) is 0 Å². The minimum Gasteiger partial charge on any atom is -0.370 e. The minimum atomic E-state index is -4.54. The van der Waals surface area contributed by atoms with E-state index in [1.54, 1.807) is 0 Å². The molecule has 0 aromatic rings. The van der Waals surface area contributed by atoms with E-state index >= 15 is 0 Å². The van der Waals surface area contributed by atoms with Crippen molar-refractivity contribution in [2.45, 2.75) is 12.4 Å². The lowest BCUT2D eigenvalue weighted by Gasteiger charge is -2.20. The quantitative estimate of drug-likeness (QED) is 0.538. The van der Waals surface area contributed by atoms with Gasteiger partial charge in [0.1, 0.15) is 0 Å². The maximum Gasteiger partial charge on any atom is 0.428 e. The van der Waals surface area contributed by atoms with Gasteiger partial charge in [-0.3, -0.25) is 4.90 Å². The highest BCUT2D eigenvalue weighted by Crippen LogP contribution is 2.20. The van der Waals surface area contributed by atoms with Gasteiger partial charge < -0.3 is 5.11 Å². The van der Waals surface area contributed by atoms with Gasteiger partial charge in [0, 0.05) is 0 Å². The van der Waals surface area contributed by atoms with E-state index < -0.39 is 12.4 Å². The second kappa shape index (κ2) is 2.53. The van der Waals surface area contributed by atoms with Crippen LogP contribution in [0.25, 0.3) is 0 Å². The number of aliphatic hydroxyl groups excluding tert-OH is 1. The highest BCUT2D eigenvalue weighted by molar-refractivity contribution is 4.60. The van der Waals surface area contributed by atoms with Crippen LogP contribution in [0.5, 0.6) is 0 Å². The number of halogens is 3. The Balaban J connectivity index is 3.88. The van der Waals surface area contributed by atoms with E-state index in [0.717, 1.165) is 14.1 Å². The van der Waals surface area contributed by atoms with Gasteiger partial charge in [0.2, 0.25) is 6.23 Å². The molecule has 0 radical (unpaired) electrons. The summed E-state index contributed by atoms with van der Waals surface area (Å²) in [4.78, 5) is 0.681. The fraction of sp³-hybridized carbons (Fsp3) is 1.00. The standard InChI is InChI=1S/C4H8F3NO/c1-8(2)3(9)4(5,6)7/h3,9H,1-2H3. The molecule has 0 fully saturated rings. The average molecular weight is 143 g/mol. The van der Waals surface area contributed by atoms with Crippen molar-refractivity contribution in [3.63, 3.8) is 0 Å². The molecule has 0 saturated heterocycles. The number of rotatable bonds is 1. The molecule has 0 bridgehead atoms. The van der Waals surface area contributed by atoms with Crippen molar-refractivity contribution >= 4 is 0 Å². The number of hydrogen-bond acceptors (Lipinski definition) is 2. The van der Waals surface area contributed by atoms with Crippen LogP contribution in [-0.4, -0.2) is 36.5 Å². The van der Waals surface area contributed by atoms with Crippen molar-refractivity contribution in [1.29, 1.82) is 0 Å². The van der Waals surface area contributed by atoms with Crippen LogP contribution in [0.2, 0.25) is 0 Å². The second-order valence-corrected chi connectivity index (χ2v) is 1.88. The molecular weight excluding hydrogens is 135 g/mol. The molecule has 0 aromatic heterocycles. The van der Waals surface area contributed by atoms with Crippen molar-refractivity contribution in [2.75, 3.05) is 14.1 Å². The third-order valence-corrected chi connectivity index (χ3v) is 0.782. The Morgan fingerprint density at radius 2 is 1.67 bits per heavy atom. The first-order valence-corrected chi connectivity index (χ1v) is 2.27. The van der Waals surface area contributed by atoms with E-state index in [-0.39, 0.29) is 0 Å². The van der Waals surface area contributed by atoms with Gasteiger partial charge in [0.05, 0.1) is 0 Å². The van der Waals surface area contributed by atoms with Gasteiger partial charge in [0.15, 0.2) is 0 Å². The summed E-state index contributed by atoms with van der Waals surface area (Å²) in [6.45, 7) is 0. The van der Waals surface area contributed by atoms with Crippen molar-refractivity contribution in [3.8, 4) is 0 Å². The molecule has 56 valence electrons. The maximum atomic E-state index is 11.4. The van der Waals surface area contributed by atoms with Crippen LogP contribution in [0.3, 0.4) is 0 Å². The van der Waals surface area contributed by atoms with Crippen LogP contribution in [-0.2, 0) is 0 Å².